The Hall–Kier alpha value is 0.293. The minimum Gasteiger partial charge on any atom is -0.542 e. The van der Waals surface area contributed by atoms with Crippen LogP contribution in [0.3, 0.4) is 0 Å². The summed E-state index contributed by atoms with van der Waals surface area (Å²) in [5.74, 6) is 0. The molecule has 0 fully saturated rings. The van der Waals surface area contributed by atoms with Crippen LogP contribution in [-0.2, 0) is 24.3 Å². The SMILES string of the molecule is [CH2-]CC[C-]=O.[Rh+2]. The quantitative estimate of drug-likeness (QED) is 0.443. The first kappa shape index (κ1) is 9.57. The first-order valence-electron chi connectivity index (χ1n) is 1.56. The third-order valence-electron chi connectivity index (χ3n) is 0.279. The Kier molecular flexibility index (Phi) is 14.3. The molecule has 0 aliphatic rings. The van der Waals surface area contributed by atoms with Crippen LogP contribution >= 0.6 is 0 Å². The molecule has 0 aromatic rings. The average Bonchev–Trinajstić information content (AvgIpc) is 1.41. The molecule has 0 spiro atoms. The van der Waals surface area contributed by atoms with Crippen LogP contribution in [0.4, 0.5) is 0 Å². The van der Waals surface area contributed by atoms with Gasteiger partial charge in [0.2, 0.25) is 0 Å². The summed E-state index contributed by atoms with van der Waals surface area (Å²) in [5.41, 5.74) is 0. The normalized spacial score (nSPS) is 6.17. The van der Waals surface area contributed by atoms with Gasteiger partial charge >= 0.3 is 19.5 Å². The van der Waals surface area contributed by atoms with E-state index in [1.165, 1.54) is 0 Å². The summed E-state index contributed by atoms with van der Waals surface area (Å²) >= 11 is 0. The van der Waals surface area contributed by atoms with Gasteiger partial charge in [0, 0.05) is 0 Å². The van der Waals surface area contributed by atoms with E-state index in [1.54, 1.807) is 6.29 Å². The molecule has 0 bridgehead atoms. The molecule has 0 saturated carbocycles. The first-order valence-corrected chi connectivity index (χ1v) is 1.56. The van der Waals surface area contributed by atoms with Crippen LogP contribution < -0.4 is 0 Å². The van der Waals surface area contributed by atoms with E-state index in [4.69, 9.17) is 0 Å². The monoisotopic (exact) mass is 173 g/mol. The smallest absolute Gasteiger partial charge is 0.542 e. The maximum absolute atomic E-state index is 9.24. The fraction of sp³-hybridized carbons (Fsp3) is 0.500. The van der Waals surface area contributed by atoms with Crippen molar-refractivity contribution >= 4 is 6.29 Å². The van der Waals surface area contributed by atoms with Crippen molar-refractivity contribution in [2.45, 2.75) is 12.8 Å². The van der Waals surface area contributed by atoms with Crippen LogP contribution in [0.15, 0.2) is 0 Å². The van der Waals surface area contributed by atoms with E-state index in [-0.39, 0.29) is 19.5 Å². The van der Waals surface area contributed by atoms with Crippen molar-refractivity contribution in [3.63, 3.8) is 0 Å². The molecule has 0 aliphatic heterocycles. The molecule has 0 aromatic heterocycles. The Morgan fingerprint density at radius 2 is 2.17 bits per heavy atom. The molecule has 0 unspecified atom stereocenters. The standard InChI is InChI=1S/C4H6O.Rh/c1-2-3-4-5;/h1-3H2;/q-2;+2. The number of carbonyl (C=O) groups excluding carboxylic acids is 1. The minimum atomic E-state index is 0. The van der Waals surface area contributed by atoms with Crippen LogP contribution in [0.1, 0.15) is 12.8 Å². The summed E-state index contributed by atoms with van der Waals surface area (Å²) in [7, 11) is 0. The summed E-state index contributed by atoms with van der Waals surface area (Å²) in [5, 5.41) is 0. The second-order valence-electron chi connectivity index (χ2n) is 0.748. The first-order chi connectivity index (χ1) is 2.41. The second-order valence-corrected chi connectivity index (χ2v) is 0.748. The van der Waals surface area contributed by atoms with E-state index < -0.39 is 0 Å². The predicted molar refractivity (Wildman–Crippen MR) is 20.3 cm³/mol. The molecular formula is C4H6ORh. The molecule has 1 radical (unpaired) electrons. The van der Waals surface area contributed by atoms with Crippen molar-refractivity contribution in [2.75, 3.05) is 0 Å². The Labute approximate surface area is 50.9 Å². The molecule has 0 saturated heterocycles. The van der Waals surface area contributed by atoms with Crippen LogP contribution in [0.25, 0.3) is 0 Å². The molecule has 0 rings (SSSR count). The van der Waals surface area contributed by atoms with Gasteiger partial charge in [-0.1, -0.05) is 0 Å². The summed E-state index contributed by atoms with van der Waals surface area (Å²) in [6.07, 6.45) is 2.85. The fourth-order valence-corrected chi connectivity index (χ4v) is 0.0722. The third kappa shape index (κ3) is 8.85. The molecule has 0 aromatic carbocycles. The summed E-state index contributed by atoms with van der Waals surface area (Å²) < 4.78 is 0. The van der Waals surface area contributed by atoms with Gasteiger partial charge in [-0.15, -0.1) is 0 Å². The molecule has 0 heterocycles. The Bertz CT molecular complexity index is 28.7. The van der Waals surface area contributed by atoms with Crippen molar-refractivity contribution in [3.05, 3.63) is 6.92 Å². The van der Waals surface area contributed by atoms with E-state index in [9.17, 15) is 4.79 Å². The Morgan fingerprint density at radius 3 is 2.17 bits per heavy atom. The minimum absolute atomic E-state index is 0. The molecule has 0 N–H and O–H groups in total. The van der Waals surface area contributed by atoms with Crippen LogP contribution in [0.5, 0.6) is 0 Å². The fourth-order valence-electron chi connectivity index (χ4n) is 0.0722. The molecule has 37 valence electrons. The van der Waals surface area contributed by atoms with Gasteiger partial charge in [0.1, 0.15) is 0 Å². The van der Waals surface area contributed by atoms with Crippen LogP contribution in [0, 0.1) is 6.92 Å². The number of unbranched alkanes of at least 4 members (excludes halogenated alkanes) is 1. The van der Waals surface area contributed by atoms with Gasteiger partial charge < -0.3 is 11.7 Å². The summed E-state index contributed by atoms with van der Waals surface area (Å²) in [6.45, 7) is 3.41. The van der Waals surface area contributed by atoms with Crippen molar-refractivity contribution in [2.24, 2.45) is 0 Å². The number of hydrogen-bond acceptors (Lipinski definition) is 1. The zero-order valence-corrected chi connectivity index (χ0v) is 5.00. The van der Waals surface area contributed by atoms with Crippen molar-refractivity contribution in [3.8, 4) is 0 Å². The van der Waals surface area contributed by atoms with E-state index in [2.05, 4.69) is 6.92 Å². The van der Waals surface area contributed by atoms with Gasteiger partial charge in [-0.25, -0.2) is 6.42 Å². The molecule has 2 heteroatoms. The molecular weight excluding hydrogens is 167 g/mol. The molecule has 6 heavy (non-hydrogen) atoms. The van der Waals surface area contributed by atoms with Gasteiger partial charge in [0.15, 0.2) is 0 Å². The molecule has 0 aliphatic carbocycles. The predicted octanol–water partition coefficient (Wildman–Crippen LogP) is 0.708. The van der Waals surface area contributed by atoms with E-state index >= 15 is 0 Å². The third-order valence-corrected chi connectivity index (χ3v) is 0.279. The summed E-state index contributed by atoms with van der Waals surface area (Å²) in [4.78, 5) is 9.24. The van der Waals surface area contributed by atoms with E-state index in [1.807, 2.05) is 0 Å². The topological polar surface area (TPSA) is 17.1 Å². The summed E-state index contributed by atoms with van der Waals surface area (Å²) in [6, 6.07) is 0. The second kappa shape index (κ2) is 9.00. The maximum Gasteiger partial charge on any atom is 2.00 e. The van der Waals surface area contributed by atoms with Crippen molar-refractivity contribution in [1.82, 2.24) is 0 Å². The average molecular weight is 173 g/mol. The van der Waals surface area contributed by atoms with Crippen LogP contribution in [-0.4, -0.2) is 6.29 Å². The van der Waals surface area contributed by atoms with Gasteiger partial charge in [-0.3, -0.25) is 6.29 Å². The number of rotatable bonds is 2. The maximum atomic E-state index is 9.24. The van der Waals surface area contributed by atoms with Gasteiger partial charge in [0.05, 0.1) is 0 Å². The van der Waals surface area contributed by atoms with Gasteiger partial charge in [-0.05, 0) is 0 Å². The van der Waals surface area contributed by atoms with Crippen molar-refractivity contribution in [1.29, 1.82) is 0 Å². The molecule has 1 nitrogen and oxygen atoms in total. The van der Waals surface area contributed by atoms with Crippen molar-refractivity contribution < 1.29 is 24.3 Å². The van der Waals surface area contributed by atoms with E-state index in [0.29, 0.717) is 12.8 Å². The zero-order chi connectivity index (χ0) is 4.12. The zero-order valence-electron chi connectivity index (χ0n) is 3.36. The Balaban J connectivity index is 0. The molecule has 0 amide bonds. The Morgan fingerprint density at radius 1 is 1.67 bits per heavy atom. The molecule has 0 atom stereocenters. The van der Waals surface area contributed by atoms with Gasteiger partial charge in [-0.2, -0.15) is 6.42 Å². The number of hydrogen-bond donors (Lipinski definition) is 0. The van der Waals surface area contributed by atoms with Gasteiger partial charge in [0.25, 0.3) is 0 Å². The van der Waals surface area contributed by atoms with Crippen LogP contribution in [0.2, 0.25) is 0 Å². The van der Waals surface area contributed by atoms with E-state index in [0.717, 1.165) is 0 Å². The largest absolute Gasteiger partial charge is 2.00 e.